The summed E-state index contributed by atoms with van der Waals surface area (Å²) in [6.07, 6.45) is 1.51. The molecular formula is C26H34ClN5O3S2. The summed E-state index contributed by atoms with van der Waals surface area (Å²) in [5, 5.41) is 4.63. The Labute approximate surface area is 228 Å². The minimum atomic E-state index is -3.55. The number of hydrogen-bond acceptors (Lipinski definition) is 7. The Balaban J connectivity index is 1.24. The smallest absolute Gasteiger partial charge is 0.251 e. The van der Waals surface area contributed by atoms with Gasteiger partial charge in [-0.25, -0.2) is 13.4 Å². The molecule has 1 saturated heterocycles. The predicted octanol–water partition coefficient (Wildman–Crippen LogP) is 4.31. The van der Waals surface area contributed by atoms with Crippen LogP contribution in [0.15, 0.2) is 47.4 Å². The van der Waals surface area contributed by atoms with E-state index in [-0.39, 0.29) is 10.8 Å². The van der Waals surface area contributed by atoms with Gasteiger partial charge in [-0.05, 0) is 49.2 Å². The number of aromatic nitrogens is 1. The molecule has 200 valence electrons. The van der Waals surface area contributed by atoms with E-state index in [1.807, 2.05) is 32.0 Å². The number of carbonyl (C=O) groups is 1. The molecule has 0 bridgehead atoms. The quantitative estimate of drug-likeness (QED) is 0.374. The Kier molecular flexibility index (Phi) is 9.41. The topological polar surface area (TPSA) is 85.8 Å². The zero-order chi connectivity index (χ0) is 26.4. The first kappa shape index (κ1) is 27.8. The molecule has 1 aliphatic heterocycles. The summed E-state index contributed by atoms with van der Waals surface area (Å²) >= 11 is 7.94. The molecule has 8 nitrogen and oxygen atoms in total. The molecule has 2 aromatic carbocycles. The standard InChI is InChI=1S/C26H34ClN5O3S2/c1-3-13-32(14-4-2)37(34,35)21-10-8-20(9-11-21)25(33)28-12-15-30-16-18-31(19-17-30)26-29-24-22(27)6-5-7-23(24)36-26/h5-11H,3-4,12-19H2,1-2H3,(H,28,33). The maximum atomic E-state index is 12.9. The van der Waals surface area contributed by atoms with Gasteiger partial charge in [0.2, 0.25) is 10.0 Å². The highest BCUT2D eigenvalue weighted by Crippen LogP contribution is 2.33. The van der Waals surface area contributed by atoms with Crippen LogP contribution in [0.5, 0.6) is 0 Å². The molecule has 0 unspecified atom stereocenters. The van der Waals surface area contributed by atoms with E-state index in [9.17, 15) is 13.2 Å². The fourth-order valence-corrected chi connectivity index (χ4v) is 7.35. The fourth-order valence-electron chi connectivity index (χ4n) is 4.41. The van der Waals surface area contributed by atoms with E-state index in [1.54, 1.807) is 23.5 Å². The van der Waals surface area contributed by atoms with Crippen LogP contribution in [0, 0.1) is 0 Å². The second kappa shape index (κ2) is 12.5. The highest BCUT2D eigenvalue weighted by Gasteiger charge is 2.24. The van der Waals surface area contributed by atoms with Gasteiger partial charge in [0, 0.05) is 57.9 Å². The first-order valence-corrected chi connectivity index (χ1v) is 15.4. The molecule has 0 radical (unpaired) electrons. The lowest BCUT2D eigenvalue weighted by Crippen LogP contribution is -2.48. The maximum absolute atomic E-state index is 12.9. The first-order valence-electron chi connectivity index (χ1n) is 12.7. The van der Waals surface area contributed by atoms with Crippen molar-refractivity contribution < 1.29 is 13.2 Å². The lowest BCUT2D eigenvalue weighted by molar-refractivity contribution is 0.0947. The number of nitrogens with zero attached hydrogens (tertiary/aromatic N) is 4. The van der Waals surface area contributed by atoms with Gasteiger partial charge < -0.3 is 10.2 Å². The normalized spacial score (nSPS) is 15.0. The average molecular weight is 564 g/mol. The number of halogens is 1. The Morgan fingerprint density at radius 1 is 1.05 bits per heavy atom. The number of sulfonamides is 1. The SMILES string of the molecule is CCCN(CCC)S(=O)(=O)c1ccc(C(=O)NCCN2CCN(c3nc4c(Cl)cccc4s3)CC2)cc1. The summed E-state index contributed by atoms with van der Waals surface area (Å²) < 4.78 is 28.4. The molecule has 4 rings (SSSR count). The van der Waals surface area contributed by atoms with E-state index in [2.05, 4.69) is 15.1 Å². The zero-order valence-electron chi connectivity index (χ0n) is 21.3. The number of hydrogen-bond donors (Lipinski definition) is 1. The molecule has 1 N–H and O–H groups in total. The van der Waals surface area contributed by atoms with Gasteiger partial charge in [-0.3, -0.25) is 9.69 Å². The van der Waals surface area contributed by atoms with Crippen molar-refractivity contribution in [3.05, 3.63) is 53.1 Å². The van der Waals surface area contributed by atoms with Crippen LogP contribution in [0.1, 0.15) is 37.0 Å². The van der Waals surface area contributed by atoms with Crippen LogP contribution in [0.3, 0.4) is 0 Å². The maximum Gasteiger partial charge on any atom is 0.251 e. The Morgan fingerprint density at radius 2 is 1.73 bits per heavy atom. The molecule has 0 aliphatic carbocycles. The first-order chi connectivity index (χ1) is 17.8. The molecule has 11 heteroatoms. The number of amides is 1. The van der Waals surface area contributed by atoms with Crippen molar-refractivity contribution in [2.75, 3.05) is 57.3 Å². The van der Waals surface area contributed by atoms with Gasteiger partial charge in [-0.15, -0.1) is 0 Å². The number of rotatable bonds is 11. The Hall–Kier alpha value is -2.24. The lowest BCUT2D eigenvalue weighted by atomic mass is 10.2. The molecule has 1 aromatic heterocycles. The number of benzene rings is 2. The summed E-state index contributed by atoms with van der Waals surface area (Å²) in [6.45, 7) is 9.69. The molecule has 1 fully saturated rings. The predicted molar refractivity (Wildman–Crippen MR) is 151 cm³/mol. The summed E-state index contributed by atoms with van der Waals surface area (Å²) in [7, 11) is -3.55. The third-order valence-corrected chi connectivity index (χ3v) is 9.71. The van der Waals surface area contributed by atoms with Crippen LogP contribution in [-0.2, 0) is 10.0 Å². The third kappa shape index (κ3) is 6.61. The van der Waals surface area contributed by atoms with Gasteiger partial charge in [0.25, 0.3) is 5.91 Å². The van der Waals surface area contributed by atoms with E-state index < -0.39 is 10.0 Å². The summed E-state index contributed by atoms with van der Waals surface area (Å²) in [6, 6.07) is 12.1. The minimum absolute atomic E-state index is 0.201. The molecule has 0 atom stereocenters. The average Bonchev–Trinajstić information content (AvgIpc) is 3.35. The number of piperazine rings is 1. The van der Waals surface area contributed by atoms with Gasteiger partial charge in [-0.2, -0.15) is 4.31 Å². The van der Waals surface area contributed by atoms with Crippen molar-refractivity contribution in [3.8, 4) is 0 Å². The number of nitrogens with one attached hydrogen (secondary N) is 1. The van der Waals surface area contributed by atoms with E-state index in [4.69, 9.17) is 16.6 Å². The second-order valence-electron chi connectivity index (χ2n) is 9.10. The van der Waals surface area contributed by atoms with Gasteiger partial charge >= 0.3 is 0 Å². The zero-order valence-corrected chi connectivity index (χ0v) is 23.7. The highest BCUT2D eigenvalue weighted by atomic mass is 35.5. The van der Waals surface area contributed by atoms with Crippen LogP contribution in [0.25, 0.3) is 10.2 Å². The number of fused-ring (bicyclic) bond motifs is 1. The van der Waals surface area contributed by atoms with E-state index in [0.717, 1.165) is 60.9 Å². The number of para-hydroxylation sites is 1. The largest absolute Gasteiger partial charge is 0.351 e. The third-order valence-electron chi connectivity index (χ3n) is 6.42. The number of carbonyl (C=O) groups excluding carboxylic acids is 1. The van der Waals surface area contributed by atoms with Crippen molar-refractivity contribution in [2.45, 2.75) is 31.6 Å². The van der Waals surface area contributed by atoms with Crippen molar-refractivity contribution in [1.29, 1.82) is 0 Å². The van der Waals surface area contributed by atoms with Crippen molar-refractivity contribution in [3.63, 3.8) is 0 Å². The monoisotopic (exact) mass is 563 g/mol. The van der Waals surface area contributed by atoms with Gasteiger partial charge in [-0.1, -0.05) is 42.9 Å². The lowest BCUT2D eigenvalue weighted by Gasteiger charge is -2.34. The van der Waals surface area contributed by atoms with Crippen LogP contribution < -0.4 is 10.2 Å². The van der Waals surface area contributed by atoms with Crippen LogP contribution >= 0.6 is 22.9 Å². The fraction of sp³-hybridized carbons (Fsp3) is 0.462. The molecule has 0 spiro atoms. The molecule has 1 amide bonds. The van der Waals surface area contributed by atoms with Crippen molar-refractivity contribution >= 4 is 54.2 Å². The molecule has 3 aromatic rings. The van der Waals surface area contributed by atoms with Crippen LogP contribution in [0.2, 0.25) is 5.02 Å². The second-order valence-corrected chi connectivity index (χ2v) is 12.5. The van der Waals surface area contributed by atoms with Gasteiger partial charge in [0.05, 0.1) is 14.6 Å². The molecule has 1 aliphatic rings. The highest BCUT2D eigenvalue weighted by molar-refractivity contribution is 7.89. The van der Waals surface area contributed by atoms with E-state index >= 15 is 0 Å². The summed E-state index contributed by atoms with van der Waals surface area (Å²) in [5.41, 5.74) is 1.31. The van der Waals surface area contributed by atoms with Crippen LogP contribution in [0.4, 0.5) is 5.13 Å². The van der Waals surface area contributed by atoms with Crippen LogP contribution in [-0.4, -0.2) is 80.9 Å². The molecule has 2 heterocycles. The summed E-state index contributed by atoms with van der Waals surface area (Å²) in [5.74, 6) is -0.201. The minimum Gasteiger partial charge on any atom is -0.351 e. The summed E-state index contributed by atoms with van der Waals surface area (Å²) in [4.78, 5) is 22.2. The van der Waals surface area contributed by atoms with Crippen molar-refractivity contribution in [2.24, 2.45) is 0 Å². The molecular weight excluding hydrogens is 530 g/mol. The number of anilines is 1. The van der Waals surface area contributed by atoms with Gasteiger partial charge in [0.15, 0.2) is 5.13 Å². The molecule has 37 heavy (non-hydrogen) atoms. The van der Waals surface area contributed by atoms with E-state index in [1.165, 1.54) is 16.4 Å². The van der Waals surface area contributed by atoms with Gasteiger partial charge in [0.1, 0.15) is 5.52 Å². The molecule has 0 saturated carbocycles. The van der Waals surface area contributed by atoms with E-state index in [0.29, 0.717) is 30.2 Å². The Bertz CT molecular complexity index is 1300. The number of thiazole rings is 1. The van der Waals surface area contributed by atoms with Crippen molar-refractivity contribution in [1.82, 2.24) is 19.5 Å². The Morgan fingerprint density at radius 3 is 2.35 bits per heavy atom.